The van der Waals surface area contributed by atoms with Crippen molar-refractivity contribution in [1.82, 2.24) is 35.5 Å². The van der Waals surface area contributed by atoms with Crippen LogP contribution in [0.2, 0.25) is 0 Å². The van der Waals surface area contributed by atoms with Crippen LogP contribution in [0.5, 0.6) is 0 Å². The molecule has 9 heteroatoms. The van der Waals surface area contributed by atoms with Gasteiger partial charge in [-0.05, 0) is 35.4 Å². The molecule has 0 bridgehead atoms. The van der Waals surface area contributed by atoms with E-state index in [9.17, 15) is 4.79 Å². The van der Waals surface area contributed by atoms with Crippen LogP contribution in [0, 0.1) is 0 Å². The molecule has 26 heavy (non-hydrogen) atoms. The predicted octanol–water partition coefficient (Wildman–Crippen LogP) is 1.33. The maximum atomic E-state index is 13.0. The molecule has 3 aromatic heterocycles. The summed E-state index contributed by atoms with van der Waals surface area (Å²) in [7, 11) is 0. The van der Waals surface area contributed by atoms with Gasteiger partial charge in [0.25, 0.3) is 5.56 Å². The van der Waals surface area contributed by atoms with E-state index >= 15 is 0 Å². The van der Waals surface area contributed by atoms with Crippen molar-refractivity contribution in [3.05, 3.63) is 57.0 Å². The normalized spacial score (nSPS) is 13.8. The van der Waals surface area contributed by atoms with Gasteiger partial charge >= 0.3 is 0 Å². The summed E-state index contributed by atoms with van der Waals surface area (Å²) in [4.78, 5) is 19.6. The number of tetrazole rings is 1. The largest absolute Gasteiger partial charge is 0.312 e. The highest BCUT2D eigenvalue weighted by Gasteiger charge is 2.19. The van der Waals surface area contributed by atoms with Crippen molar-refractivity contribution < 1.29 is 0 Å². The smallest absolute Gasteiger partial charge is 0.262 e. The average molecular weight is 365 g/mol. The lowest BCUT2D eigenvalue weighted by molar-refractivity contribution is 0.656. The van der Waals surface area contributed by atoms with Gasteiger partial charge in [-0.1, -0.05) is 18.2 Å². The molecule has 5 rings (SSSR count). The summed E-state index contributed by atoms with van der Waals surface area (Å²) in [6, 6.07) is 7.79. The first kappa shape index (κ1) is 15.4. The fourth-order valence-electron chi connectivity index (χ4n) is 3.35. The van der Waals surface area contributed by atoms with Crippen LogP contribution in [0.15, 0.2) is 35.4 Å². The van der Waals surface area contributed by atoms with Crippen molar-refractivity contribution in [3.8, 4) is 11.4 Å². The van der Waals surface area contributed by atoms with Gasteiger partial charge in [0, 0.05) is 17.0 Å². The minimum Gasteiger partial charge on any atom is -0.312 e. The highest BCUT2D eigenvalue weighted by molar-refractivity contribution is 7.18. The Morgan fingerprint density at radius 3 is 3.15 bits per heavy atom. The number of fused-ring (bicyclic) bond motifs is 3. The van der Waals surface area contributed by atoms with E-state index in [-0.39, 0.29) is 5.56 Å². The van der Waals surface area contributed by atoms with Crippen molar-refractivity contribution >= 4 is 21.6 Å². The molecule has 0 aliphatic carbocycles. The average Bonchev–Trinajstić information content (AvgIpc) is 3.32. The summed E-state index contributed by atoms with van der Waals surface area (Å²) in [6.07, 6.45) is 2.52. The second kappa shape index (κ2) is 6.11. The summed E-state index contributed by atoms with van der Waals surface area (Å²) in [5, 5.41) is 18.2. The molecule has 0 radical (unpaired) electrons. The number of nitrogens with zero attached hydrogens (tertiary/aromatic N) is 5. The van der Waals surface area contributed by atoms with Gasteiger partial charge in [-0.2, -0.15) is 5.21 Å². The Labute approximate surface area is 151 Å². The third-order valence-electron chi connectivity index (χ3n) is 4.58. The molecule has 1 aromatic carbocycles. The standard InChI is InChI=1S/C17H15N7OS/c25-17-14-12-4-5-18-7-13(12)26-16(14)19-9-24(17)8-10-2-1-3-11(6-10)15-20-22-23-21-15/h1-3,6,9,18H,4-5,7-8H2,(H,20,21,22,23). The SMILES string of the molecule is O=c1c2c3c(sc2ncn1Cc1cccc(-c2nn[nH]n2)c1)CNCC3. The molecule has 130 valence electrons. The lowest BCUT2D eigenvalue weighted by Crippen LogP contribution is -2.25. The molecule has 8 nitrogen and oxygen atoms in total. The molecule has 4 aromatic rings. The molecule has 2 N–H and O–H groups in total. The lowest BCUT2D eigenvalue weighted by atomic mass is 10.1. The maximum absolute atomic E-state index is 13.0. The Morgan fingerprint density at radius 1 is 1.31 bits per heavy atom. The molecule has 0 saturated heterocycles. The Morgan fingerprint density at radius 2 is 2.27 bits per heavy atom. The molecule has 0 unspecified atom stereocenters. The van der Waals surface area contributed by atoms with Crippen LogP contribution in [0.25, 0.3) is 21.6 Å². The Kier molecular flexibility index (Phi) is 3.61. The quantitative estimate of drug-likeness (QED) is 0.568. The summed E-state index contributed by atoms with van der Waals surface area (Å²) in [5.74, 6) is 0.534. The Hall–Kier alpha value is -2.91. The highest BCUT2D eigenvalue weighted by atomic mass is 32.1. The predicted molar refractivity (Wildman–Crippen MR) is 98.0 cm³/mol. The van der Waals surface area contributed by atoms with Gasteiger partial charge in [0.1, 0.15) is 4.83 Å². The van der Waals surface area contributed by atoms with E-state index in [1.165, 1.54) is 4.88 Å². The van der Waals surface area contributed by atoms with Crippen LogP contribution >= 0.6 is 11.3 Å². The topological polar surface area (TPSA) is 101 Å². The number of hydrogen-bond acceptors (Lipinski definition) is 7. The molecule has 1 aliphatic rings. The number of hydrogen-bond donors (Lipinski definition) is 2. The van der Waals surface area contributed by atoms with E-state index in [0.29, 0.717) is 12.4 Å². The van der Waals surface area contributed by atoms with Crippen molar-refractivity contribution in [2.75, 3.05) is 6.54 Å². The van der Waals surface area contributed by atoms with Gasteiger partial charge in [-0.25, -0.2) is 4.98 Å². The first-order chi connectivity index (χ1) is 12.8. The van der Waals surface area contributed by atoms with Gasteiger partial charge in [0.05, 0.1) is 18.3 Å². The molecule has 0 amide bonds. The highest BCUT2D eigenvalue weighted by Crippen LogP contribution is 2.29. The second-order valence-electron chi connectivity index (χ2n) is 6.22. The minimum absolute atomic E-state index is 0.0272. The zero-order valence-electron chi connectivity index (χ0n) is 13.8. The molecule has 0 atom stereocenters. The van der Waals surface area contributed by atoms with Crippen LogP contribution in [0.4, 0.5) is 0 Å². The van der Waals surface area contributed by atoms with Gasteiger partial charge in [-0.15, -0.1) is 21.5 Å². The van der Waals surface area contributed by atoms with Gasteiger partial charge in [-0.3, -0.25) is 9.36 Å². The number of thiophene rings is 1. The number of benzene rings is 1. The zero-order chi connectivity index (χ0) is 17.5. The van der Waals surface area contributed by atoms with Crippen LogP contribution in [0.3, 0.4) is 0 Å². The molecule has 4 heterocycles. The third-order valence-corrected chi connectivity index (χ3v) is 5.72. The number of nitrogens with one attached hydrogen (secondary N) is 2. The molecule has 0 spiro atoms. The third kappa shape index (κ3) is 2.52. The summed E-state index contributed by atoms with van der Waals surface area (Å²) in [6.45, 7) is 2.18. The van der Waals surface area contributed by atoms with Crippen LogP contribution in [-0.2, 0) is 19.5 Å². The molecular weight excluding hydrogens is 350 g/mol. The lowest BCUT2D eigenvalue weighted by Gasteiger charge is -2.12. The first-order valence-corrected chi connectivity index (χ1v) is 9.14. The fourth-order valence-corrected chi connectivity index (χ4v) is 4.50. The zero-order valence-corrected chi connectivity index (χ0v) is 14.6. The van der Waals surface area contributed by atoms with E-state index in [1.54, 1.807) is 22.2 Å². The van der Waals surface area contributed by atoms with Crippen molar-refractivity contribution in [1.29, 1.82) is 0 Å². The van der Waals surface area contributed by atoms with E-state index in [4.69, 9.17) is 0 Å². The summed E-state index contributed by atoms with van der Waals surface area (Å²) < 4.78 is 1.67. The van der Waals surface area contributed by atoms with E-state index < -0.39 is 0 Å². The van der Waals surface area contributed by atoms with E-state index in [0.717, 1.165) is 46.4 Å². The van der Waals surface area contributed by atoms with Gasteiger partial charge in [0.2, 0.25) is 5.82 Å². The Bertz CT molecular complexity index is 1150. The number of rotatable bonds is 3. The minimum atomic E-state index is 0.0272. The van der Waals surface area contributed by atoms with Crippen molar-refractivity contribution in [2.24, 2.45) is 0 Å². The summed E-state index contributed by atoms with van der Waals surface area (Å²) in [5.41, 5.74) is 3.04. The molecule has 0 fully saturated rings. The Balaban J connectivity index is 1.55. The second-order valence-corrected chi connectivity index (χ2v) is 7.31. The maximum Gasteiger partial charge on any atom is 0.262 e. The first-order valence-electron chi connectivity index (χ1n) is 8.33. The monoisotopic (exact) mass is 365 g/mol. The van der Waals surface area contributed by atoms with Crippen LogP contribution in [-0.4, -0.2) is 36.7 Å². The number of aromatic amines is 1. The van der Waals surface area contributed by atoms with Crippen LogP contribution < -0.4 is 10.9 Å². The van der Waals surface area contributed by atoms with Crippen molar-refractivity contribution in [2.45, 2.75) is 19.5 Å². The molecule has 1 aliphatic heterocycles. The number of H-pyrrole nitrogens is 1. The molecular formula is C17H15N7OS. The van der Waals surface area contributed by atoms with Crippen molar-refractivity contribution in [3.63, 3.8) is 0 Å². The van der Waals surface area contributed by atoms with Crippen LogP contribution in [0.1, 0.15) is 16.0 Å². The number of aromatic nitrogens is 6. The van der Waals surface area contributed by atoms with Gasteiger partial charge in [0.15, 0.2) is 0 Å². The van der Waals surface area contributed by atoms with E-state index in [1.807, 2.05) is 24.3 Å². The van der Waals surface area contributed by atoms with E-state index in [2.05, 4.69) is 30.9 Å². The summed E-state index contributed by atoms with van der Waals surface area (Å²) >= 11 is 1.62. The fraction of sp³-hybridized carbons (Fsp3) is 0.235. The van der Waals surface area contributed by atoms with Gasteiger partial charge < -0.3 is 5.32 Å². The molecule has 0 saturated carbocycles.